The second-order valence-corrected chi connectivity index (χ2v) is 9.32. The second kappa shape index (κ2) is 14.0. The summed E-state index contributed by atoms with van der Waals surface area (Å²) < 4.78 is 21.1. The van der Waals surface area contributed by atoms with E-state index in [0.29, 0.717) is 40.8 Å². The molecule has 0 radical (unpaired) electrons. The normalized spacial score (nSPS) is 13.6. The van der Waals surface area contributed by atoms with E-state index in [0.717, 1.165) is 0 Å². The fraction of sp³-hybridized carbons (Fsp3) is 0.219. The molecule has 2 N–H and O–H groups in total. The van der Waals surface area contributed by atoms with Gasteiger partial charge in [-0.15, -0.1) is 0 Å². The lowest BCUT2D eigenvalue weighted by molar-refractivity contribution is -0.136. The number of esters is 2. The topological polar surface area (TPSA) is 153 Å². The van der Waals surface area contributed by atoms with E-state index < -0.39 is 29.7 Å². The average molecular weight is 602 g/mol. The van der Waals surface area contributed by atoms with E-state index in [1.54, 1.807) is 50.2 Å². The summed E-state index contributed by atoms with van der Waals surface area (Å²) in [5.74, 6) is -2.28. The van der Waals surface area contributed by atoms with Gasteiger partial charge in [0.05, 0.1) is 43.6 Å². The van der Waals surface area contributed by atoms with Gasteiger partial charge in [0, 0.05) is 17.1 Å². The minimum atomic E-state index is -0.919. The molecule has 0 saturated carbocycles. The summed E-state index contributed by atoms with van der Waals surface area (Å²) in [5, 5.41) is 4.90. The SMILES string of the molecule is CCOC(=O)c1ccc(NC(=O)C(=O)NCc2ccc(/C=C3/C(=O)N(c4ccc(OCC)cc4)C(C)=C3C(=O)OC)o2)cc1. The summed E-state index contributed by atoms with van der Waals surface area (Å²) in [5.41, 5.74) is 1.71. The van der Waals surface area contributed by atoms with Gasteiger partial charge in [0.15, 0.2) is 0 Å². The molecule has 2 aromatic carbocycles. The predicted octanol–water partition coefficient (Wildman–Crippen LogP) is 3.99. The summed E-state index contributed by atoms with van der Waals surface area (Å²) in [6.45, 7) is 5.81. The van der Waals surface area contributed by atoms with Gasteiger partial charge in [0.2, 0.25) is 0 Å². The van der Waals surface area contributed by atoms with Gasteiger partial charge in [-0.25, -0.2) is 9.59 Å². The van der Waals surface area contributed by atoms with Crippen molar-refractivity contribution in [3.63, 3.8) is 0 Å². The first-order valence-corrected chi connectivity index (χ1v) is 13.7. The van der Waals surface area contributed by atoms with Gasteiger partial charge >= 0.3 is 23.8 Å². The third-order valence-corrected chi connectivity index (χ3v) is 6.45. The molecule has 0 unspecified atom stereocenters. The Labute approximate surface area is 253 Å². The Morgan fingerprint density at radius 1 is 0.886 bits per heavy atom. The summed E-state index contributed by atoms with van der Waals surface area (Å²) in [6, 6.07) is 15.9. The average Bonchev–Trinajstić information content (AvgIpc) is 3.57. The first-order chi connectivity index (χ1) is 21.2. The molecule has 2 heterocycles. The van der Waals surface area contributed by atoms with E-state index in [1.165, 1.54) is 42.4 Å². The largest absolute Gasteiger partial charge is 0.494 e. The number of furan rings is 1. The number of carbonyl (C=O) groups is 5. The molecule has 44 heavy (non-hydrogen) atoms. The lowest BCUT2D eigenvalue weighted by atomic mass is 10.1. The Morgan fingerprint density at radius 2 is 1.59 bits per heavy atom. The van der Waals surface area contributed by atoms with Gasteiger partial charge in [-0.3, -0.25) is 19.3 Å². The summed E-state index contributed by atoms with van der Waals surface area (Å²) in [6.07, 6.45) is 1.42. The van der Waals surface area contributed by atoms with Crippen LogP contribution in [0.5, 0.6) is 5.75 Å². The Hall–Kier alpha value is -5.65. The molecule has 0 atom stereocenters. The van der Waals surface area contributed by atoms with Crippen LogP contribution in [0.4, 0.5) is 11.4 Å². The molecule has 1 aliphatic rings. The molecule has 0 aliphatic carbocycles. The number of carbonyl (C=O) groups excluding carboxylic acids is 5. The molecule has 0 bridgehead atoms. The fourth-order valence-electron chi connectivity index (χ4n) is 4.40. The molecule has 1 aromatic heterocycles. The first kappa shape index (κ1) is 31.3. The van der Waals surface area contributed by atoms with Crippen molar-refractivity contribution in [2.45, 2.75) is 27.3 Å². The molecule has 12 nitrogen and oxygen atoms in total. The lowest BCUT2D eigenvalue weighted by Crippen LogP contribution is -2.34. The van der Waals surface area contributed by atoms with Gasteiger partial charge < -0.3 is 29.3 Å². The van der Waals surface area contributed by atoms with Crippen molar-refractivity contribution < 1.29 is 42.6 Å². The molecule has 1 aliphatic heterocycles. The summed E-state index contributed by atoms with van der Waals surface area (Å²) in [4.78, 5) is 64.0. The number of hydrogen-bond acceptors (Lipinski definition) is 9. The van der Waals surface area contributed by atoms with Crippen molar-refractivity contribution in [1.29, 1.82) is 0 Å². The Kier molecular flexibility index (Phi) is 9.96. The number of hydrogen-bond donors (Lipinski definition) is 2. The molecule has 3 amide bonds. The standard InChI is InChI=1S/C32H31N3O9/c1-5-42-23-13-11-22(12-14-23)35-19(3)27(32(40)41-4)26(30(35)38)17-24-15-16-25(44-24)18-33-28(36)29(37)34-21-9-7-20(8-10-21)31(39)43-6-2/h7-17H,5-6,18H2,1-4H3,(H,33,36)(H,34,37)/b26-17+. The Bertz CT molecular complexity index is 1630. The zero-order valence-corrected chi connectivity index (χ0v) is 24.6. The smallest absolute Gasteiger partial charge is 0.340 e. The van der Waals surface area contributed by atoms with Crippen molar-refractivity contribution in [3.05, 3.63) is 94.6 Å². The number of rotatable bonds is 10. The van der Waals surface area contributed by atoms with Gasteiger partial charge in [-0.05, 0) is 87.5 Å². The molecule has 12 heteroatoms. The number of benzene rings is 2. The number of methoxy groups -OCH3 is 1. The first-order valence-electron chi connectivity index (χ1n) is 13.7. The molecular formula is C32H31N3O9. The number of ether oxygens (including phenoxy) is 3. The van der Waals surface area contributed by atoms with Crippen LogP contribution in [0.1, 0.15) is 42.6 Å². The number of anilines is 2. The van der Waals surface area contributed by atoms with E-state index in [4.69, 9.17) is 18.6 Å². The van der Waals surface area contributed by atoms with Crippen LogP contribution < -0.4 is 20.3 Å². The molecule has 0 saturated heterocycles. The van der Waals surface area contributed by atoms with Crippen molar-refractivity contribution in [1.82, 2.24) is 5.32 Å². The predicted molar refractivity (Wildman–Crippen MR) is 159 cm³/mol. The summed E-state index contributed by atoms with van der Waals surface area (Å²) in [7, 11) is 1.23. The maximum Gasteiger partial charge on any atom is 0.340 e. The number of amides is 3. The van der Waals surface area contributed by atoms with E-state index in [2.05, 4.69) is 10.6 Å². The van der Waals surface area contributed by atoms with Crippen LogP contribution in [0.2, 0.25) is 0 Å². The Balaban J connectivity index is 1.43. The quantitative estimate of drug-likeness (QED) is 0.200. The minimum Gasteiger partial charge on any atom is -0.494 e. The van der Waals surface area contributed by atoms with Crippen molar-refractivity contribution in [2.24, 2.45) is 0 Å². The van der Waals surface area contributed by atoms with Crippen LogP contribution in [-0.4, -0.2) is 50.0 Å². The van der Waals surface area contributed by atoms with E-state index in [9.17, 15) is 24.0 Å². The number of nitrogens with one attached hydrogen (secondary N) is 2. The number of allylic oxidation sites excluding steroid dienone is 1. The highest BCUT2D eigenvalue weighted by Gasteiger charge is 2.38. The van der Waals surface area contributed by atoms with E-state index >= 15 is 0 Å². The lowest BCUT2D eigenvalue weighted by Gasteiger charge is -2.18. The fourth-order valence-corrected chi connectivity index (χ4v) is 4.40. The van der Waals surface area contributed by atoms with Crippen LogP contribution in [0.3, 0.4) is 0 Å². The maximum absolute atomic E-state index is 13.5. The molecule has 3 aromatic rings. The molecule has 0 fully saturated rings. The monoisotopic (exact) mass is 601 g/mol. The Morgan fingerprint density at radius 3 is 2.23 bits per heavy atom. The highest BCUT2D eigenvalue weighted by atomic mass is 16.5. The van der Waals surface area contributed by atoms with Crippen LogP contribution in [0.15, 0.2) is 81.9 Å². The molecular weight excluding hydrogens is 570 g/mol. The molecule has 4 rings (SSSR count). The van der Waals surface area contributed by atoms with Gasteiger partial charge in [0.25, 0.3) is 5.91 Å². The minimum absolute atomic E-state index is 0.0709. The highest BCUT2D eigenvalue weighted by molar-refractivity contribution is 6.39. The van der Waals surface area contributed by atoms with Crippen LogP contribution in [-0.2, 0) is 35.2 Å². The number of nitrogens with zero attached hydrogens (tertiary/aromatic N) is 1. The van der Waals surface area contributed by atoms with Crippen molar-refractivity contribution >= 4 is 47.1 Å². The van der Waals surface area contributed by atoms with Gasteiger partial charge in [-0.2, -0.15) is 0 Å². The van der Waals surface area contributed by atoms with Crippen molar-refractivity contribution in [2.75, 3.05) is 30.5 Å². The van der Waals surface area contributed by atoms with E-state index in [-0.39, 0.29) is 30.1 Å². The molecule has 228 valence electrons. The maximum atomic E-state index is 13.5. The van der Waals surface area contributed by atoms with E-state index in [1.807, 2.05) is 6.92 Å². The zero-order chi connectivity index (χ0) is 31.8. The summed E-state index contributed by atoms with van der Waals surface area (Å²) >= 11 is 0. The highest BCUT2D eigenvalue weighted by Crippen LogP contribution is 2.36. The zero-order valence-electron chi connectivity index (χ0n) is 24.6. The van der Waals surface area contributed by atoms with Gasteiger partial charge in [0.1, 0.15) is 17.3 Å². The van der Waals surface area contributed by atoms with Crippen LogP contribution in [0, 0.1) is 0 Å². The second-order valence-electron chi connectivity index (χ2n) is 9.32. The third kappa shape index (κ3) is 7.04. The third-order valence-electron chi connectivity index (χ3n) is 6.45. The van der Waals surface area contributed by atoms with Gasteiger partial charge in [-0.1, -0.05) is 0 Å². The molecule has 0 spiro atoms. The van der Waals surface area contributed by atoms with Crippen molar-refractivity contribution in [3.8, 4) is 5.75 Å². The van der Waals surface area contributed by atoms with Crippen LogP contribution >= 0.6 is 0 Å². The van der Waals surface area contributed by atoms with Crippen LogP contribution in [0.25, 0.3) is 6.08 Å².